The van der Waals surface area contributed by atoms with Crippen molar-refractivity contribution in [2.45, 2.75) is 19.8 Å². The maximum Gasteiger partial charge on any atom is 0.264 e. The van der Waals surface area contributed by atoms with Gasteiger partial charge in [0.25, 0.3) is 11.5 Å². The van der Waals surface area contributed by atoms with Gasteiger partial charge in [0.05, 0.1) is 16.6 Å². The highest BCUT2D eigenvalue weighted by atomic mass is 32.1. The Hall–Kier alpha value is -2.22. The van der Waals surface area contributed by atoms with Gasteiger partial charge in [-0.2, -0.15) is 0 Å². The van der Waals surface area contributed by atoms with E-state index in [0.717, 1.165) is 0 Å². The summed E-state index contributed by atoms with van der Waals surface area (Å²) in [4.78, 5) is 45.2. The van der Waals surface area contributed by atoms with Gasteiger partial charge in [-0.1, -0.05) is 0 Å². The average molecular weight is 320 g/mol. The third-order valence-corrected chi connectivity index (χ3v) is 5.30. The number of hydrogen-bond acceptors (Lipinski definition) is 5. The maximum absolute atomic E-state index is 12.7. The molecule has 7 nitrogen and oxygen atoms in total. The summed E-state index contributed by atoms with van der Waals surface area (Å²) in [5.41, 5.74) is 5.74. The molecule has 2 aromatic rings. The number of nitrogens with two attached hydrogens (primary N) is 1. The zero-order chi connectivity index (χ0) is 15.9. The molecule has 0 unspecified atom stereocenters. The molecule has 0 spiro atoms. The summed E-state index contributed by atoms with van der Waals surface area (Å²) in [6, 6.07) is 0. The van der Waals surface area contributed by atoms with Gasteiger partial charge in [-0.25, -0.2) is 4.98 Å². The van der Waals surface area contributed by atoms with E-state index in [0.29, 0.717) is 46.6 Å². The fourth-order valence-corrected chi connectivity index (χ4v) is 3.91. The van der Waals surface area contributed by atoms with Crippen molar-refractivity contribution in [1.29, 1.82) is 0 Å². The third kappa shape index (κ3) is 2.39. The van der Waals surface area contributed by atoms with Gasteiger partial charge in [-0.15, -0.1) is 11.3 Å². The summed E-state index contributed by atoms with van der Waals surface area (Å²) in [5.74, 6) is -0.569. The van der Waals surface area contributed by atoms with Crippen LogP contribution in [0.15, 0.2) is 11.1 Å². The lowest BCUT2D eigenvalue weighted by Gasteiger charge is -2.30. The van der Waals surface area contributed by atoms with Crippen LogP contribution < -0.4 is 11.3 Å². The zero-order valence-electron chi connectivity index (χ0n) is 12.1. The molecule has 0 radical (unpaired) electrons. The van der Waals surface area contributed by atoms with Gasteiger partial charge >= 0.3 is 0 Å². The van der Waals surface area contributed by atoms with Crippen LogP contribution in [-0.2, 0) is 4.79 Å². The summed E-state index contributed by atoms with van der Waals surface area (Å²) in [7, 11) is 0. The Kier molecular flexibility index (Phi) is 3.69. The number of nitrogens with zero attached hydrogens (tertiary/aromatic N) is 2. The molecule has 2 aromatic heterocycles. The second-order valence-electron chi connectivity index (χ2n) is 5.44. The highest BCUT2D eigenvalue weighted by molar-refractivity contribution is 7.20. The highest BCUT2D eigenvalue weighted by Gasteiger charge is 2.28. The standard InChI is InChI=1S/C14H16N4O3S/c1-7-9-12(20)16-6-17-13(9)22-10(7)14(21)18-4-2-8(3-5-18)11(15)19/h6,8H,2-5H2,1H3,(H2,15,19)(H,16,17,20). The van der Waals surface area contributed by atoms with Gasteiger partial charge in [0.2, 0.25) is 5.91 Å². The van der Waals surface area contributed by atoms with E-state index in [-0.39, 0.29) is 23.3 Å². The first kappa shape index (κ1) is 14.7. The van der Waals surface area contributed by atoms with Gasteiger partial charge in [-0.3, -0.25) is 14.4 Å². The second-order valence-corrected chi connectivity index (χ2v) is 6.44. The molecule has 3 heterocycles. The van der Waals surface area contributed by atoms with E-state index in [9.17, 15) is 14.4 Å². The molecule has 0 aliphatic carbocycles. The maximum atomic E-state index is 12.7. The SMILES string of the molecule is Cc1c(C(=O)N2CCC(C(N)=O)CC2)sc2nc[nH]c(=O)c12. The van der Waals surface area contributed by atoms with Crippen LogP contribution in [-0.4, -0.2) is 39.8 Å². The van der Waals surface area contributed by atoms with E-state index in [1.165, 1.54) is 17.7 Å². The molecule has 1 aliphatic rings. The molecule has 0 aromatic carbocycles. The van der Waals surface area contributed by atoms with Crippen LogP contribution in [0.4, 0.5) is 0 Å². The fraction of sp³-hybridized carbons (Fsp3) is 0.429. The van der Waals surface area contributed by atoms with Crippen molar-refractivity contribution in [2.75, 3.05) is 13.1 Å². The van der Waals surface area contributed by atoms with Crippen LogP contribution in [0.3, 0.4) is 0 Å². The minimum atomic E-state index is -0.305. The number of thiophene rings is 1. The Morgan fingerprint density at radius 2 is 2.09 bits per heavy atom. The van der Waals surface area contributed by atoms with Gasteiger partial charge in [0.1, 0.15) is 4.83 Å². The molecule has 3 rings (SSSR count). The number of carbonyl (C=O) groups excluding carboxylic acids is 2. The number of fused-ring (bicyclic) bond motifs is 1. The first-order chi connectivity index (χ1) is 10.5. The molecule has 0 atom stereocenters. The predicted octanol–water partition coefficient (Wildman–Crippen LogP) is 0.631. The van der Waals surface area contributed by atoms with E-state index in [2.05, 4.69) is 9.97 Å². The molecule has 22 heavy (non-hydrogen) atoms. The molecule has 1 saturated heterocycles. The van der Waals surface area contributed by atoms with Crippen molar-refractivity contribution >= 4 is 33.4 Å². The first-order valence-corrected chi connectivity index (χ1v) is 7.86. The molecular formula is C14H16N4O3S. The number of primary amides is 1. The molecule has 8 heteroatoms. The lowest BCUT2D eigenvalue weighted by molar-refractivity contribution is -0.123. The summed E-state index contributed by atoms with van der Waals surface area (Å²) in [6.45, 7) is 2.77. The summed E-state index contributed by atoms with van der Waals surface area (Å²) in [5, 5.41) is 0.475. The minimum absolute atomic E-state index is 0.108. The molecule has 0 saturated carbocycles. The van der Waals surface area contributed by atoms with Crippen molar-refractivity contribution in [2.24, 2.45) is 11.7 Å². The monoisotopic (exact) mass is 320 g/mol. The fourth-order valence-electron chi connectivity index (χ4n) is 2.79. The topological polar surface area (TPSA) is 109 Å². The molecule has 1 aliphatic heterocycles. The number of aromatic amines is 1. The Balaban J connectivity index is 1.88. The highest BCUT2D eigenvalue weighted by Crippen LogP contribution is 2.29. The van der Waals surface area contributed by atoms with Crippen molar-refractivity contribution in [1.82, 2.24) is 14.9 Å². The van der Waals surface area contributed by atoms with Crippen LogP contribution in [0.2, 0.25) is 0 Å². The number of aromatic nitrogens is 2. The second kappa shape index (κ2) is 5.53. The van der Waals surface area contributed by atoms with E-state index in [1.807, 2.05) is 0 Å². The summed E-state index contributed by atoms with van der Waals surface area (Å²) in [6.07, 6.45) is 2.51. The number of H-pyrrole nitrogens is 1. The first-order valence-electron chi connectivity index (χ1n) is 7.04. The molecule has 2 amide bonds. The number of amides is 2. The van der Waals surface area contributed by atoms with Crippen molar-refractivity contribution in [3.8, 4) is 0 Å². The molecule has 116 valence electrons. The molecule has 3 N–H and O–H groups in total. The Morgan fingerprint density at radius 3 is 2.68 bits per heavy atom. The number of hydrogen-bond donors (Lipinski definition) is 2. The molecular weight excluding hydrogens is 304 g/mol. The van der Waals surface area contributed by atoms with Crippen LogP contribution in [0, 0.1) is 12.8 Å². The molecule has 0 bridgehead atoms. The van der Waals surface area contributed by atoms with E-state index in [4.69, 9.17) is 5.73 Å². The van der Waals surface area contributed by atoms with Crippen molar-refractivity contribution in [3.05, 3.63) is 27.1 Å². The third-order valence-electron chi connectivity index (χ3n) is 4.11. The van der Waals surface area contributed by atoms with Crippen molar-refractivity contribution < 1.29 is 9.59 Å². The summed E-state index contributed by atoms with van der Waals surface area (Å²) < 4.78 is 0. The normalized spacial score (nSPS) is 16.1. The van der Waals surface area contributed by atoms with Crippen molar-refractivity contribution in [3.63, 3.8) is 0 Å². The average Bonchev–Trinajstić information content (AvgIpc) is 2.85. The van der Waals surface area contributed by atoms with Crippen LogP contribution >= 0.6 is 11.3 Å². The Labute approximate surface area is 130 Å². The van der Waals surface area contributed by atoms with Crippen LogP contribution in [0.1, 0.15) is 28.1 Å². The minimum Gasteiger partial charge on any atom is -0.369 e. The predicted molar refractivity (Wildman–Crippen MR) is 82.8 cm³/mol. The largest absolute Gasteiger partial charge is 0.369 e. The van der Waals surface area contributed by atoms with Gasteiger partial charge < -0.3 is 15.6 Å². The Morgan fingerprint density at radius 1 is 1.41 bits per heavy atom. The summed E-state index contributed by atoms with van der Waals surface area (Å²) >= 11 is 1.23. The van der Waals surface area contributed by atoms with Crippen LogP contribution in [0.25, 0.3) is 10.2 Å². The number of carbonyl (C=O) groups is 2. The van der Waals surface area contributed by atoms with Gasteiger partial charge in [0, 0.05) is 19.0 Å². The van der Waals surface area contributed by atoms with Gasteiger partial charge in [-0.05, 0) is 25.3 Å². The quantitative estimate of drug-likeness (QED) is 0.845. The number of aryl methyl sites for hydroxylation is 1. The number of nitrogens with one attached hydrogen (secondary N) is 1. The molecule has 1 fully saturated rings. The van der Waals surface area contributed by atoms with Gasteiger partial charge in [0.15, 0.2) is 0 Å². The number of rotatable bonds is 2. The number of likely N-dealkylation sites (tertiary alicyclic amines) is 1. The Bertz CT molecular complexity index is 802. The smallest absolute Gasteiger partial charge is 0.264 e. The van der Waals surface area contributed by atoms with E-state index in [1.54, 1.807) is 11.8 Å². The van der Waals surface area contributed by atoms with E-state index >= 15 is 0 Å². The zero-order valence-corrected chi connectivity index (χ0v) is 12.9. The van der Waals surface area contributed by atoms with E-state index < -0.39 is 0 Å². The lowest BCUT2D eigenvalue weighted by Crippen LogP contribution is -2.41. The lowest BCUT2D eigenvalue weighted by atomic mass is 9.96. The number of piperidine rings is 1. The van der Waals surface area contributed by atoms with Crippen LogP contribution in [0.5, 0.6) is 0 Å².